The Morgan fingerprint density at radius 1 is 0.944 bits per heavy atom. The first-order valence-electron chi connectivity index (χ1n) is 12.7. The zero-order valence-corrected chi connectivity index (χ0v) is 21.4. The van der Waals surface area contributed by atoms with Gasteiger partial charge in [-0.25, -0.2) is 0 Å². The molecule has 0 saturated heterocycles. The molecule has 36 heavy (non-hydrogen) atoms. The van der Waals surface area contributed by atoms with Gasteiger partial charge in [0.15, 0.2) is 0 Å². The van der Waals surface area contributed by atoms with Gasteiger partial charge in [-0.2, -0.15) is 0 Å². The molecule has 0 aliphatic carbocycles. The average molecular weight is 497 g/mol. The van der Waals surface area contributed by atoms with Crippen molar-refractivity contribution in [3.05, 3.63) is 65.7 Å². The smallest absolute Gasteiger partial charge is 0.293 e. The Morgan fingerprint density at radius 3 is 2.31 bits per heavy atom. The van der Waals surface area contributed by atoms with Gasteiger partial charge in [0.1, 0.15) is 12.6 Å². The van der Waals surface area contributed by atoms with E-state index in [2.05, 4.69) is 41.9 Å². The molecule has 8 nitrogen and oxygen atoms in total. The molecule has 2 amide bonds. The van der Waals surface area contributed by atoms with Gasteiger partial charge in [-0.1, -0.05) is 49.4 Å². The molecule has 3 atom stereocenters. The highest BCUT2D eigenvalue weighted by atomic mass is 16.5. The second-order valence-electron chi connectivity index (χ2n) is 8.99. The number of amides is 2. The van der Waals surface area contributed by atoms with Crippen LogP contribution in [0.4, 0.5) is 5.69 Å². The Morgan fingerprint density at radius 2 is 1.67 bits per heavy atom. The largest absolute Gasteiger partial charge is 0.463 e. The topological polar surface area (TPSA) is 123 Å². The van der Waals surface area contributed by atoms with Gasteiger partial charge < -0.3 is 26.4 Å². The summed E-state index contributed by atoms with van der Waals surface area (Å²) in [5.41, 5.74) is 8.23. The Kier molecular flexibility index (Phi) is 13.2. The highest BCUT2D eigenvalue weighted by Gasteiger charge is 2.26. The van der Waals surface area contributed by atoms with Crippen molar-refractivity contribution in [3.8, 4) is 0 Å². The van der Waals surface area contributed by atoms with E-state index >= 15 is 0 Å². The number of aryl methyl sites for hydroxylation is 1. The summed E-state index contributed by atoms with van der Waals surface area (Å²) in [5.74, 6) is -0.455. The van der Waals surface area contributed by atoms with Gasteiger partial charge >= 0.3 is 0 Å². The third kappa shape index (κ3) is 10.6. The van der Waals surface area contributed by atoms with E-state index in [4.69, 9.17) is 10.5 Å². The van der Waals surface area contributed by atoms with Gasteiger partial charge in [0.25, 0.3) is 6.47 Å². The van der Waals surface area contributed by atoms with Gasteiger partial charge in [-0.05, 0) is 75.3 Å². The third-order valence-corrected chi connectivity index (χ3v) is 6.10. The van der Waals surface area contributed by atoms with Crippen molar-refractivity contribution in [2.45, 2.75) is 77.1 Å². The molecule has 5 N–H and O–H groups in total. The molecular formula is C28H40N4O4. The lowest BCUT2D eigenvalue weighted by molar-refractivity contribution is -0.129. The third-order valence-electron chi connectivity index (χ3n) is 6.10. The van der Waals surface area contributed by atoms with Crippen molar-refractivity contribution in [2.24, 2.45) is 5.73 Å². The summed E-state index contributed by atoms with van der Waals surface area (Å²) in [5, 5.41) is 9.30. The molecule has 0 spiro atoms. The zero-order chi connectivity index (χ0) is 26.2. The van der Waals surface area contributed by atoms with Crippen LogP contribution in [0.15, 0.2) is 54.6 Å². The SMILES string of the molecule is CCC(C)N[C@@H](CCc1ccccc1)C(=O)N[C@@H](CCCCN)C(=O)Nc1ccc(COC=O)cc1. The Hall–Kier alpha value is -3.23. The molecule has 0 heterocycles. The highest BCUT2D eigenvalue weighted by molar-refractivity contribution is 5.97. The van der Waals surface area contributed by atoms with Crippen molar-refractivity contribution in [3.63, 3.8) is 0 Å². The standard InChI is InChI=1S/C28H40N4O4/c1-3-21(2)30-26(17-14-22-9-5-4-6-10-22)28(35)32-25(11-7-8-18-29)27(34)31-24-15-12-23(13-16-24)19-36-20-33/h4-6,9-10,12-13,15-16,20-21,25-26,30H,3,7-8,11,14,17-19,29H2,1-2H3,(H,31,34)(H,32,35)/t21?,25-,26-/m0/s1. The fraction of sp³-hybridized carbons (Fsp3) is 0.464. The predicted molar refractivity (Wildman–Crippen MR) is 142 cm³/mol. The first-order valence-corrected chi connectivity index (χ1v) is 12.7. The maximum absolute atomic E-state index is 13.3. The number of nitrogens with two attached hydrogens (primary N) is 1. The number of hydrogen-bond acceptors (Lipinski definition) is 6. The van der Waals surface area contributed by atoms with E-state index < -0.39 is 12.1 Å². The molecule has 2 aromatic carbocycles. The van der Waals surface area contributed by atoms with E-state index in [0.717, 1.165) is 31.2 Å². The zero-order valence-electron chi connectivity index (χ0n) is 21.4. The monoisotopic (exact) mass is 496 g/mol. The molecule has 2 aromatic rings. The first-order chi connectivity index (χ1) is 17.5. The number of hydrogen-bond donors (Lipinski definition) is 4. The second-order valence-corrected chi connectivity index (χ2v) is 8.99. The van der Waals surface area contributed by atoms with Gasteiger partial charge in [0, 0.05) is 11.7 Å². The molecule has 0 aromatic heterocycles. The molecule has 0 bridgehead atoms. The molecule has 0 aliphatic heterocycles. The van der Waals surface area contributed by atoms with E-state index in [1.807, 2.05) is 18.2 Å². The molecule has 196 valence electrons. The van der Waals surface area contributed by atoms with Crippen molar-refractivity contribution in [2.75, 3.05) is 11.9 Å². The number of nitrogens with one attached hydrogen (secondary N) is 3. The molecule has 8 heteroatoms. The molecule has 1 unspecified atom stereocenters. The number of ether oxygens (including phenoxy) is 1. The summed E-state index contributed by atoms with van der Waals surface area (Å²) in [7, 11) is 0. The Bertz CT molecular complexity index is 921. The van der Waals surface area contributed by atoms with Crippen LogP contribution in [-0.4, -0.2) is 43.0 Å². The molecule has 0 aliphatic rings. The fourth-order valence-corrected chi connectivity index (χ4v) is 3.78. The fourth-order valence-electron chi connectivity index (χ4n) is 3.78. The van der Waals surface area contributed by atoms with E-state index in [0.29, 0.717) is 31.5 Å². The minimum absolute atomic E-state index is 0.169. The van der Waals surface area contributed by atoms with E-state index in [-0.39, 0.29) is 24.5 Å². The van der Waals surface area contributed by atoms with Gasteiger partial charge in [-0.15, -0.1) is 0 Å². The minimum atomic E-state index is -0.680. The van der Waals surface area contributed by atoms with Crippen LogP contribution in [0.25, 0.3) is 0 Å². The van der Waals surface area contributed by atoms with Gasteiger partial charge in [-0.3, -0.25) is 14.4 Å². The predicted octanol–water partition coefficient (Wildman–Crippen LogP) is 3.30. The van der Waals surface area contributed by atoms with Crippen LogP contribution in [0.2, 0.25) is 0 Å². The summed E-state index contributed by atoms with van der Waals surface area (Å²) >= 11 is 0. The minimum Gasteiger partial charge on any atom is -0.463 e. The number of benzene rings is 2. The molecule has 2 rings (SSSR count). The van der Waals surface area contributed by atoms with Crippen LogP contribution in [0, 0.1) is 0 Å². The summed E-state index contributed by atoms with van der Waals surface area (Å²) in [6.07, 6.45) is 4.27. The first kappa shape index (κ1) is 29.0. The summed E-state index contributed by atoms with van der Waals surface area (Å²) in [6, 6.07) is 16.2. The number of anilines is 1. The van der Waals surface area contributed by atoms with E-state index in [1.54, 1.807) is 24.3 Å². The molecule has 0 fully saturated rings. The van der Waals surface area contributed by atoms with E-state index in [1.165, 1.54) is 5.56 Å². The Labute approximate surface area is 214 Å². The normalized spacial score (nSPS) is 13.3. The summed E-state index contributed by atoms with van der Waals surface area (Å²) in [6.45, 7) is 5.22. The van der Waals surface area contributed by atoms with Gasteiger partial charge in [0.05, 0.1) is 6.04 Å². The summed E-state index contributed by atoms with van der Waals surface area (Å²) < 4.78 is 4.75. The lowest BCUT2D eigenvalue weighted by Crippen LogP contribution is -2.53. The highest BCUT2D eigenvalue weighted by Crippen LogP contribution is 2.13. The molecule has 0 saturated carbocycles. The van der Waals surface area contributed by atoms with Crippen LogP contribution < -0.4 is 21.7 Å². The van der Waals surface area contributed by atoms with Crippen LogP contribution in [0.5, 0.6) is 0 Å². The van der Waals surface area contributed by atoms with Gasteiger partial charge in [0.2, 0.25) is 11.8 Å². The van der Waals surface area contributed by atoms with Crippen LogP contribution in [-0.2, 0) is 32.1 Å². The lowest BCUT2D eigenvalue weighted by Gasteiger charge is -2.25. The van der Waals surface area contributed by atoms with Crippen molar-refractivity contribution < 1.29 is 19.1 Å². The molecule has 0 radical (unpaired) electrons. The maximum Gasteiger partial charge on any atom is 0.293 e. The van der Waals surface area contributed by atoms with Crippen LogP contribution in [0.3, 0.4) is 0 Å². The van der Waals surface area contributed by atoms with Crippen LogP contribution in [0.1, 0.15) is 57.1 Å². The lowest BCUT2D eigenvalue weighted by atomic mass is 10.0. The van der Waals surface area contributed by atoms with Crippen LogP contribution >= 0.6 is 0 Å². The van der Waals surface area contributed by atoms with Crippen molar-refractivity contribution in [1.29, 1.82) is 0 Å². The number of rotatable bonds is 17. The Balaban J connectivity index is 2.07. The number of unbranched alkanes of at least 4 members (excludes halogenated alkanes) is 1. The average Bonchev–Trinajstić information content (AvgIpc) is 2.90. The van der Waals surface area contributed by atoms with E-state index in [9.17, 15) is 14.4 Å². The van der Waals surface area contributed by atoms with Crippen molar-refractivity contribution >= 4 is 24.0 Å². The number of carbonyl (C=O) groups excluding carboxylic acids is 3. The maximum atomic E-state index is 13.3. The molecular weight excluding hydrogens is 456 g/mol. The summed E-state index contributed by atoms with van der Waals surface area (Å²) in [4.78, 5) is 36.8. The second kappa shape index (κ2) is 16.4. The number of carbonyl (C=O) groups is 3. The quantitative estimate of drug-likeness (QED) is 0.197. The van der Waals surface area contributed by atoms with Crippen molar-refractivity contribution in [1.82, 2.24) is 10.6 Å².